The van der Waals surface area contributed by atoms with Crippen molar-refractivity contribution < 1.29 is 32.3 Å². The second-order valence-corrected chi connectivity index (χ2v) is 6.38. The number of benzene rings is 2. The summed E-state index contributed by atoms with van der Waals surface area (Å²) in [6, 6.07) is 9.78. The first kappa shape index (κ1) is 20.2. The number of amides is 4. The Morgan fingerprint density at radius 1 is 1.17 bits per heavy atom. The van der Waals surface area contributed by atoms with Crippen molar-refractivity contribution >= 4 is 23.5 Å². The number of alkyl halides is 2. The van der Waals surface area contributed by atoms with E-state index in [0.717, 1.165) is 6.07 Å². The molecule has 0 spiro atoms. The van der Waals surface area contributed by atoms with Crippen LogP contribution in [0.5, 0.6) is 5.75 Å². The number of carbonyl (C=O) groups excluding carboxylic acids is 3. The number of hydrogen-bond donors (Lipinski definition) is 2. The van der Waals surface area contributed by atoms with Crippen LogP contribution in [0.4, 0.5) is 23.7 Å². The molecule has 0 aromatic heterocycles. The summed E-state index contributed by atoms with van der Waals surface area (Å²) >= 11 is 0. The lowest BCUT2D eigenvalue weighted by molar-refractivity contribution is -0.133. The zero-order valence-corrected chi connectivity index (χ0v) is 15.1. The number of nitrogens with one attached hydrogen (secondary N) is 2. The quantitative estimate of drug-likeness (QED) is 0.721. The largest absolute Gasteiger partial charge is 0.435 e. The molecule has 0 bridgehead atoms. The third-order valence-electron chi connectivity index (χ3n) is 4.35. The first-order valence-corrected chi connectivity index (χ1v) is 8.44. The maximum atomic E-state index is 14.1. The van der Waals surface area contributed by atoms with Gasteiger partial charge in [-0.25, -0.2) is 9.18 Å². The van der Waals surface area contributed by atoms with Crippen LogP contribution in [0.15, 0.2) is 48.5 Å². The summed E-state index contributed by atoms with van der Waals surface area (Å²) in [6.45, 7) is -2.23. The van der Waals surface area contributed by atoms with Gasteiger partial charge in [-0.1, -0.05) is 18.2 Å². The van der Waals surface area contributed by atoms with Crippen molar-refractivity contribution in [1.29, 1.82) is 0 Å². The Morgan fingerprint density at radius 2 is 1.83 bits per heavy atom. The van der Waals surface area contributed by atoms with Gasteiger partial charge in [0.1, 0.15) is 23.7 Å². The highest BCUT2D eigenvalue weighted by Crippen LogP contribution is 2.30. The molecule has 2 N–H and O–H groups in total. The number of carbonyl (C=O) groups is 3. The number of ether oxygens (including phenoxy) is 1. The lowest BCUT2D eigenvalue weighted by atomic mass is 9.91. The van der Waals surface area contributed by atoms with E-state index in [9.17, 15) is 27.6 Å². The van der Waals surface area contributed by atoms with E-state index in [1.165, 1.54) is 49.4 Å². The van der Waals surface area contributed by atoms with Gasteiger partial charge in [0.25, 0.3) is 5.91 Å². The Hall–Kier alpha value is -3.56. The smallest absolute Gasteiger partial charge is 0.387 e. The average molecular weight is 407 g/mol. The molecule has 2 aromatic carbocycles. The number of imide groups is 1. The maximum Gasteiger partial charge on any atom is 0.387 e. The van der Waals surface area contributed by atoms with Crippen molar-refractivity contribution in [3.8, 4) is 5.75 Å². The number of hydrogen-bond acceptors (Lipinski definition) is 4. The molecule has 1 heterocycles. The van der Waals surface area contributed by atoms with Gasteiger partial charge in [-0.15, -0.1) is 0 Å². The van der Waals surface area contributed by atoms with Gasteiger partial charge in [0.05, 0.1) is 0 Å². The van der Waals surface area contributed by atoms with Crippen LogP contribution in [-0.2, 0) is 15.1 Å². The molecular formula is C19H16F3N3O4. The molecule has 3 rings (SSSR count). The van der Waals surface area contributed by atoms with Gasteiger partial charge in [0, 0.05) is 11.3 Å². The minimum Gasteiger partial charge on any atom is -0.435 e. The number of rotatable bonds is 6. The fraction of sp³-hybridized carbons (Fsp3) is 0.211. The molecule has 1 unspecified atom stereocenters. The summed E-state index contributed by atoms with van der Waals surface area (Å²) in [7, 11) is 0. The Bertz CT molecular complexity index is 952. The van der Waals surface area contributed by atoms with E-state index in [2.05, 4.69) is 15.4 Å². The van der Waals surface area contributed by atoms with Crippen LogP contribution in [0, 0.1) is 5.82 Å². The van der Waals surface area contributed by atoms with Crippen LogP contribution < -0.4 is 15.4 Å². The fourth-order valence-corrected chi connectivity index (χ4v) is 2.95. The molecule has 0 saturated carbocycles. The van der Waals surface area contributed by atoms with Crippen molar-refractivity contribution in [3.05, 3.63) is 59.9 Å². The highest BCUT2D eigenvalue weighted by molar-refractivity contribution is 6.10. The topological polar surface area (TPSA) is 87.7 Å². The minimum atomic E-state index is -2.97. The van der Waals surface area contributed by atoms with E-state index < -0.39 is 42.4 Å². The standard InChI is InChI=1S/C19H16F3N3O4/c1-19(13-4-2-3-5-14(13)20)16(27)25(18(28)24-19)10-15(26)23-11-6-8-12(9-7-11)29-17(21)22/h2-9,17H,10H2,1H3,(H,23,26)(H,24,28). The van der Waals surface area contributed by atoms with Crippen LogP contribution in [0.25, 0.3) is 0 Å². The molecule has 1 aliphatic heterocycles. The van der Waals surface area contributed by atoms with Crippen LogP contribution in [0.3, 0.4) is 0 Å². The monoisotopic (exact) mass is 407 g/mol. The van der Waals surface area contributed by atoms with Crippen molar-refractivity contribution in [2.75, 3.05) is 11.9 Å². The van der Waals surface area contributed by atoms with E-state index in [1.54, 1.807) is 0 Å². The summed E-state index contributed by atoms with van der Waals surface area (Å²) in [5, 5.41) is 4.85. The molecule has 0 radical (unpaired) electrons. The third kappa shape index (κ3) is 4.15. The Morgan fingerprint density at radius 3 is 2.45 bits per heavy atom. The van der Waals surface area contributed by atoms with Crippen molar-refractivity contribution in [2.45, 2.75) is 19.1 Å². The molecule has 7 nitrogen and oxygen atoms in total. The number of anilines is 1. The van der Waals surface area contributed by atoms with Crippen LogP contribution >= 0.6 is 0 Å². The molecule has 1 saturated heterocycles. The molecule has 1 atom stereocenters. The SMILES string of the molecule is CC1(c2ccccc2F)NC(=O)N(CC(=O)Nc2ccc(OC(F)F)cc2)C1=O. The number of urea groups is 1. The van der Waals surface area contributed by atoms with Crippen LogP contribution in [0.1, 0.15) is 12.5 Å². The van der Waals surface area contributed by atoms with Gasteiger partial charge in [0.2, 0.25) is 5.91 Å². The Balaban J connectivity index is 1.68. The van der Waals surface area contributed by atoms with Crippen LogP contribution in [-0.4, -0.2) is 35.9 Å². The van der Waals surface area contributed by atoms with Crippen molar-refractivity contribution in [1.82, 2.24) is 10.2 Å². The van der Waals surface area contributed by atoms with Crippen molar-refractivity contribution in [2.24, 2.45) is 0 Å². The predicted octanol–water partition coefficient (Wildman–Crippen LogP) is 2.83. The summed E-state index contributed by atoms with van der Waals surface area (Å²) < 4.78 is 42.6. The molecule has 152 valence electrons. The van der Waals surface area contributed by atoms with Gasteiger partial charge in [-0.05, 0) is 37.3 Å². The first-order chi connectivity index (χ1) is 13.7. The maximum absolute atomic E-state index is 14.1. The summed E-state index contributed by atoms with van der Waals surface area (Å²) in [5.74, 6) is -2.23. The first-order valence-electron chi connectivity index (χ1n) is 8.44. The van der Waals surface area contributed by atoms with Crippen LogP contribution in [0.2, 0.25) is 0 Å². The zero-order chi connectivity index (χ0) is 21.2. The van der Waals surface area contributed by atoms with E-state index in [4.69, 9.17) is 0 Å². The molecule has 1 fully saturated rings. The lowest BCUT2D eigenvalue weighted by Crippen LogP contribution is -2.42. The normalized spacial score (nSPS) is 18.7. The summed E-state index contributed by atoms with van der Waals surface area (Å²) in [4.78, 5) is 37.9. The van der Waals surface area contributed by atoms with Gasteiger partial charge >= 0.3 is 12.6 Å². The molecule has 2 aromatic rings. The summed E-state index contributed by atoms with van der Waals surface area (Å²) in [5.41, 5.74) is -1.41. The van der Waals surface area contributed by atoms with Gasteiger partial charge < -0.3 is 15.4 Å². The molecule has 4 amide bonds. The lowest BCUT2D eigenvalue weighted by Gasteiger charge is -2.22. The number of nitrogens with zero attached hydrogens (tertiary/aromatic N) is 1. The van der Waals surface area contributed by atoms with E-state index in [0.29, 0.717) is 4.90 Å². The van der Waals surface area contributed by atoms with Crippen molar-refractivity contribution in [3.63, 3.8) is 0 Å². The highest BCUT2D eigenvalue weighted by Gasteiger charge is 2.50. The summed E-state index contributed by atoms with van der Waals surface area (Å²) in [6.07, 6.45) is 0. The molecular weight excluding hydrogens is 391 g/mol. The molecule has 1 aliphatic rings. The van der Waals surface area contributed by atoms with Gasteiger partial charge in [-0.2, -0.15) is 8.78 Å². The Kier molecular flexibility index (Phi) is 5.44. The van der Waals surface area contributed by atoms with E-state index in [1.807, 2.05) is 0 Å². The second-order valence-electron chi connectivity index (χ2n) is 6.38. The van der Waals surface area contributed by atoms with Gasteiger partial charge in [0.15, 0.2) is 0 Å². The average Bonchev–Trinajstić information content (AvgIpc) is 2.87. The number of halogens is 3. The molecule has 10 heteroatoms. The minimum absolute atomic E-state index is 0.0177. The molecule has 0 aliphatic carbocycles. The van der Waals surface area contributed by atoms with Gasteiger partial charge in [-0.3, -0.25) is 14.5 Å². The molecule has 29 heavy (non-hydrogen) atoms. The third-order valence-corrected chi connectivity index (χ3v) is 4.35. The second kappa shape index (κ2) is 7.82. The fourth-order valence-electron chi connectivity index (χ4n) is 2.95. The Labute approximate surface area is 163 Å². The predicted molar refractivity (Wildman–Crippen MR) is 95.7 cm³/mol. The zero-order valence-electron chi connectivity index (χ0n) is 15.1. The highest BCUT2D eigenvalue weighted by atomic mass is 19.3. The van der Waals surface area contributed by atoms with E-state index >= 15 is 0 Å². The van der Waals surface area contributed by atoms with E-state index in [-0.39, 0.29) is 17.0 Å².